The van der Waals surface area contributed by atoms with Crippen LogP contribution in [-0.2, 0) is 15.3 Å². The van der Waals surface area contributed by atoms with Crippen LogP contribution in [0.1, 0.15) is 12.0 Å². The van der Waals surface area contributed by atoms with Crippen molar-refractivity contribution in [1.29, 1.82) is 0 Å². The molecule has 0 spiro atoms. The lowest BCUT2D eigenvalue weighted by atomic mass is 10.1. The van der Waals surface area contributed by atoms with Crippen LogP contribution in [0.3, 0.4) is 0 Å². The van der Waals surface area contributed by atoms with Gasteiger partial charge in [0.25, 0.3) is 0 Å². The minimum atomic E-state index is -2.19. The Morgan fingerprint density at radius 3 is 2.56 bits per heavy atom. The molecule has 0 aromatic heterocycles. The van der Waals surface area contributed by atoms with E-state index in [0.29, 0.717) is 12.8 Å². The van der Waals surface area contributed by atoms with E-state index in [4.69, 9.17) is 14.6 Å². The predicted octanol–water partition coefficient (Wildman–Crippen LogP) is 1.63. The molecule has 0 aliphatic rings. The van der Waals surface area contributed by atoms with E-state index in [1.54, 1.807) is 7.11 Å². The molecule has 0 amide bonds. The monoisotopic (exact) mass is 269 g/mol. The third-order valence-corrected chi connectivity index (χ3v) is 5.90. The molecule has 2 unspecified atom stereocenters. The van der Waals surface area contributed by atoms with E-state index < -0.39 is 8.56 Å². The number of aliphatic hydroxyl groups excluding tert-OH is 1. The van der Waals surface area contributed by atoms with Gasteiger partial charge in [0, 0.05) is 7.11 Å². The van der Waals surface area contributed by atoms with E-state index in [1.165, 1.54) is 0 Å². The van der Waals surface area contributed by atoms with Crippen molar-refractivity contribution >= 4 is 8.56 Å². The van der Waals surface area contributed by atoms with Crippen molar-refractivity contribution in [3.63, 3.8) is 0 Å². The molecule has 0 heterocycles. The van der Waals surface area contributed by atoms with Crippen molar-refractivity contribution in [2.45, 2.75) is 31.5 Å². The Hall–Kier alpha value is -0.723. The summed E-state index contributed by atoms with van der Waals surface area (Å²) in [6.45, 7) is 2.14. The standard InChI is InChI=1S/C13H23NO3Si/c1-16-18(2,17-11-14)9-8-13(15)10-12-6-4-3-5-7-12/h3-7,13,15H,8-11,14H2,1-2H3. The molecule has 0 fully saturated rings. The van der Waals surface area contributed by atoms with E-state index in [9.17, 15) is 5.11 Å². The topological polar surface area (TPSA) is 64.7 Å². The first-order valence-electron chi connectivity index (χ1n) is 6.21. The summed E-state index contributed by atoms with van der Waals surface area (Å²) < 4.78 is 10.9. The van der Waals surface area contributed by atoms with Crippen molar-refractivity contribution in [1.82, 2.24) is 0 Å². The van der Waals surface area contributed by atoms with Gasteiger partial charge in [-0.3, -0.25) is 0 Å². The van der Waals surface area contributed by atoms with Crippen LogP contribution < -0.4 is 5.73 Å². The Morgan fingerprint density at radius 2 is 2.00 bits per heavy atom. The molecule has 5 heteroatoms. The fourth-order valence-corrected chi connectivity index (χ4v) is 3.50. The van der Waals surface area contributed by atoms with E-state index in [2.05, 4.69) is 0 Å². The Kier molecular flexibility index (Phi) is 6.52. The quantitative estimate of drug-likeness (QED) is 0.556. The highest BCUT2D eigenvalue weighted by atomic mass is 28.4. The molecule has 102 valence electrons. The van der Waals surface area contributed by atoms with Gasteiger partial charge in [-0.2, -0.15) is 0 Å². The van der Waals surface area contributed by atoms with E-state index in [-0.39, 0.29) is 12.8 Å². The van der Waals surface area contributed by atoms with Crippen molar-refractivity contribution in [2.24, 2.45) is 5.73 Å². The molecule has 0 bridgehead atoms. The Morgan fingerprint density at radius 1 is 1.33 bits per heavy atom. The van der Waals surface area contributed by atoms with Gasteiger partial charge < -0.3 is 19.7 Å². The van der Waals surface area contributed by atoms with Gasteiger partial charge in [-0.05, 0) is 31.0 Å². The fourth-order valence-electron chi connectivity index (χ4n) is 1.83. The highest BCUT2D eigenvalue weighted by Gasteiger charge is 2.30. The van der Waals surface area contributed by atoms with Crippen molar-refractivity contribution in [2.75, 3.05) is 13.8 Å². The van der Waals surface area contributed by atoms with Crippen molar-refractivity contribution in [3.05, 3.63) is 35.9 Å². The minimum absolute atomic E-state index is 0.172. The summed E-state index contributed by atoms with van der Waals surface area (Å²) in [6, 6.07) is 10.7. The van der Waals surface area contributed by atoms with Crippen LogP contribution in [0, 0.1) is 0 Å². The first kappa shape index (κ1) is 15.3. The smallest absolute Gasteiger partial charge is 0.335 e. The van der Waals surface area contributed by atoms with Crippen LogP contribution in [0.25, 0.3) is 0 Å². The number of nitrogens with two attached hydrogens (primary N) is 1. The Labute approximate surface area is 110 Å². The van der Waals surface area contributed by atoms with Crippen LogP contribution in [-0.4, -0.2) is 33.6 Å². The SMILES string of the molecule is CO[Si](C)(CCC(O)Cc1ccccc1)OCN. The second-order valence-corrected chi connectivity index (χ2v) is 8.00. The van der Waals surface area contributed by atoms with Crippen LogP contribution in [0.5, 0.6) is 0 Å². The molecule has 0 aliphatic carbocycles. The van der Waals surface area contributed by atoms with Gasteiger partial charge in [0.15, 0.2) is 0 Å². The molecule has 0 radical (unpaired) electrons. The second kappa shape index (κ2) is 7.65. The highest BCUT2D eigenvalue weighted by molar-refractivity contribution is 6.65. The fraction of sp³-hybridized carbons (Fsp3) is 0.538. The predicted molar refractivity (Wildman–Crippen MR) is 74.3 cm³/mol. The highest BCUT2D eigenvalue weighted by Crippen LogP contribution is 2.17. The van der Waals surface area contributed by atoms with Crippen molar-refractivity contribution in [3.8, 4) is 0 Å². The normalized spacial score (nSPS) is 16.2. The van der Waals surface area contributed by atoms with Gasteiger partial charge in [-0.1, -0.05) is 30.3 Å². The van der Waals surface area contributed by atoms with Crippen LogP contribution in [0.2, 0.25) is 12.6 Å². The van der Waals surface area contributed by atoms with Gasteiger partial charge in [0.2, 0.25) is 0 Å². The maximum Gasteiger partial charge on any atom is 0.335 e. The summed E-state index contributed by atoms with van der Waals surface area (Å²) in [7, 11) is -0.544. The zero-order valence-corrected chi connectivity index (χ0v) is 12.1. The van der Waals surface area contributed by atoms with E-state index >= 15 is 0 Å². The second-order valence-electron chi connectivity index (χ2n) is 4.53. The maximum atomic E-state index is 10.0. The van der Waals surface area contributed by atoms with E-state index in [1.807, 2.05) is 36.9 Å². The summed E-state index contributed by atoms with van der Waals surface area (Å²) in [4.78, 5) is 0. The number of rotatable bonds is 8. The third kappa shape index (κ3) is 5.28. The minimum Gasteiger partial charge on any atom is -0.398 e. The number of hydrogen-bond donors (Lipinski definition) is 2. The lowest BCUT2D eigenvalue weighted by Gasteiger charge is -2.25. The molecule has 3 N–H and O–H groups in total. The molecule has 1 aromatic rings. The van der Waals surface area contributed by atoms with Crippen LogP contribution >= 0.6 is 0 Å². The molecule has 2 atom stereocenters. The summed E-state index contributed by atoms with van der Waals surface area (Å²) in [5.41, 5.74) is 6.53. The molecule has 1 rings (SSSR count). The van der Waals surface area contributed by atoms with E-state index in [0.717, 1.165) is 11.6 Å². The maximum absolute atomic E-state index is 10.0. The number of benzene rings is 1. The van der Waals surface area contributed by atoms with Gasteiger partial charge in [-0.25, -0.2) is 0 Å². The molecule has 0 saturated heterocycles. The Balaban J connectivity index is 2.38. The van der Waals surface area contributed by atoms with Crippen LogP contribution in [0.15, 0.2) is 30.3 Å². The summed E-state index contributed by atoms with van der Waals surface area (Å²) in [6.07, 6.45) is 0.971. The summed E-state index contributed by atoms with van der Waals surface area (Å²) in [5.74, 6) is 0. The number of hydrogen-bond acceptors (Lipinski definition) is 4. The molecule has 0 saturated carbocycles. The zero-order valence-electron chi connectivity index (χ0n) is 11.1. The molecule has 18 heavy (non-hydrogen) atoms. The molecular weight excluding hydrogens is 246 g/mol. The van der Waals surface area contributed by atoms with Gasteiger partial charge in [-0.15, -0.1) is 0 Å². The first-order chi connectivity index (χ1) is 8.59. The zero-order chi connectivity index (χ0) is 13.4. The largest absolute Gasteiger partial charge is 0.398 e. The lowest BCUT2D eigenvalue weighted by molar-refractivity contribution is 0.158. The first-order valence-corrected chi connectivity index (χ1v) is 8.73. The average molecular weight is 269 g/mol. The average Bonchev–Trinajstić information content (AvgIpc) is 2.38. The molecular formula is C13H23NO3Si. The van der Waals surface area contributed by atoms with Crippen molar-refractivity contribution < 1.29 is 14.0 Å². The Bertz CT molecular complexity index is 336. The van der Waals surface area contributed by atoms with Gasteiger partial charge in [0.05, 0.1) is 12.8 Å². The lowest BCUT2D eigenvalue weighted by Crippen LogP contribution is -2.40. The molecule has 1 aromatic carbocycles. The summed E-state index contributed by atoms with van der Waals surface area (Å²) in [5, 5.41) is 10.0. The molecule has 0 aliphatic heterocycles. The van der Waals surface area contributed by atoms with Gasteiger partial charge in [0.1, 0.15) is 0 Å². The molecule has 4 nitrogen and oxygen atoms in total. The van der Waals surface area contributed by atoms with Crippen LogP contribution in [0.4, 0.5) is 0 Å². The third-order valence-electron chi connectivity index (χ3n) is 3.07. The number of aliphatic hydroxyl groups is 1. The van der Waals surface area contributed by atoms with Gasteiger partial charge >= 0.3 is 8.56 Å². The summed E-state index contributed by atoms with van der Waals surface area (Å²) >= 11 is 0.